The van der Waals surface area contributed by atoms with Gasteiger partial charge in [-0.1, -0.05) is 18.7 Å². The zero-order chi connectivity index (χ0) is 19.8. The molecule has 0 aliphatic carbocycles. The Morgan fingerprint density at radius 1 is 1.04 bits per heavy atom. The summed E-state index contributed by atoms with van der Waals surface area (Å²) in [6.07, 6.45) is 5.76. The molecule has 0 bridgehead atoms. The number of esters is 1. The zero-order valence-electron chi connectivity index (χ0n) is 14.9. The molecule has 5 heteroatoms. The van der Waals surface area contributed by atoms with Gasteiger partial charge >= 0.3 is 5.97 Å². The Balaban J connectivity index is 2.42. The molecule has 0 atom stereocenters. The molecule has 2 rings (SSSR count). The number of hydrogen-bond acceptors (Lipinski definition) is 3. The van der Waals surface area contributed by atoms with Crippen LogP contribution in [0.25, 0.3) is 17.7 Å². The van der Waals surface area contributed by atoms with Crippen molar-refractivity contribution in [1.82, 2.24) is 0 Å². The van der Waals surface area contributed by atoms with Gasteiger partial charge in [-0.25, -0.2) is 9.18 Å². The van der Waals surface area contributed by atoms with Gasteiger partial charge in [-0.05, 0) is 77.2 Å². The Bertz CT molecular complexity index is 912. The van der Waals surface area contributed by atoms with Crippen LogP contribution in [-0.2, 0) is 14.3 Å². The van der Waals surface area contributed by atoms with Gasteiger partial charge in [0, 0.05) is 12.2 Å². The highest BCUT2D eigenvalue weighted by Crippen LogP contribution is 2.25. The van der Waals surface area contributed by atoms with E-state index in [0.29, 0.717) is 16.7 Å². The van der Waals surface area contributed by atoms with Crippen molar-refractivity contribution in [3.8, 4) is 0 Å². The number of hydrogen-bond donors (Lipinski definition) is 1. The van der Waals surface area contributed by atoms with Crippen LogP contribution >= 0.6 is 0 Å². The molecular formula is C22H20FNO3. The molecule has 0 spiro atoms. The molecule has 0 saturated carbocycles. The molecule has 2 aromatic rings. The third-order valence-corrected chi connectivity index (χ3v) is 3.66. The molecule has 1 amide bonds. The molecular weight excluding hydrogens is 345 g/mol. The topological polar surface area (TPSA) is 69.4 Å². The first kappa shape index (κ1) is 19.8. The highest BCUT2D eigenvalue weighted by atomic mass is 19.1. The minimum Gasteiger partial charge on any atom is -0.463 e. The lowest BCUT2D eigenvalue weighted by Gasteiger charge is -2.09. The van der Waals surface area contributed by atoms with Crippen molar-refractivity contribution < 1.29 is 18.7 Å². The van der Waals surface area contributed by atoms with E-state index >= 15 is 0 Å². The van der Waals surface area contributed by atoms with E-state index in [1.165, 1.54) is 24.3 Å². The largest absolute Gasteiger partial charge is 0.463 e. The van der Waals surface area contributed by atoms with Crippen molar-refractivity contribution in [2.75, 3.05) is 6.61 Å². The Morgan fingerprint density at radius 2 is 1.63 bits per heavy atom. The molecule has 2 aromatic carbocycles. The second-order valence-electron chi connectivity index (χ2n) is 5.69. The van der Waals surface area contributed by atoms with Gasteiger partial charge in [0.25, 0.3) is 0 Å². The first-order valence-electron chi connectivity index (χ1n) is 8.31. The third kappa shape index (κ3) is 6.08. The fraction of sp³-hybridized carbons (Fsp3) is 0.0909. The van der Waals surface area contributed by atoms with E-state index in [0.717, 1.165) is 11.1 Å². The summed E-state index contributed by atoms with van der Waals surface area (Å²) in [4.78, 5) is 22.6. The smallest absolute Gasteiger partial charge is 0.330 e. The van der Waals surface area contributed by atoms with E-state index in [1.807, 2.05) is 12.1 Å². The lowest BCUT2D eigenvalue weighted by Crippen LogP contribution is -2.05. The second-order valence-corrected chi connectivity index (χ2v) is 5.69. The van der Waals surface area contributed by atoms with Crippen LogP contribution in [0.4, 0.5) is 4.39 Å². The molecule has 0 heterocycles. The number of rotatable bonds is 7. The van der Waals surface area contributed by atoms with Crippen LogP contribution in [0.1, 0.15) is 29.2 Å². The van der Waals surface area contributed by atoms with Gasteiger partial charge < -0.3 is 10.5 Å². The Morgan fingerprint density at radius 3 is 2.19 bits per heavy atom. The predicted octanol–water partition coefficient (Wildman–Crippen LogP) is 3.96. The SMILES string of the molecule is C=C(c1ccc(F)cc1)c1cc(/C=C/C(N)=O)cc(/C=C/C(=O)OCC)c1. The van der Waals surface area contributed by atoms with Gasteiger partial charge in [0.1, 0.15) is 5.82 Å². The van der Waals surface area contributed by atoms with Crippen molar-refractivity contribution >= 4 is 29.6 Å². The van der Waals surface area contributed by atoms with Gasteiger partial charge in [-0.3, -0.25) is 4.79 Å². The summed E-state index contributed by atoms with van der Waals surface area (Å²) in [6, 6.07) is 11.4. The van der Waals surface area contributed by atoms with Gasteiger partial charge in [-0.2, -0.15) is 0 Å². The first-order chi connectivity index (χ1) is 12.9. The van der Waals surface area contributed by atoms with Crippen LogP contribution in [0.2, 0.25) is 0 Å². The first-order valence-corrected chi connectivity index (χ1v) is 8.31. The molecule has 0 aliphatic heterocycles. The number of benzene rings is 2. The molecule has 0 aliphatic rings. The molecule has 0 saturated heterocycles. The van der Waals surface area contributed by atoms with Crippen molar-refractivity contribution in [1.29, 1.82) is 0 Å². The summed E-state index contributed by atoms with van der Waals surface area (Å²) in [6.45, 7) is 6.09. The number of carbonyl (C=O) groups excluding carboxylic acids is 2. The second kappa shape index (κ2) is 9.29. The van der Waals surface area contributed by atoms with Crippen LogP contribution in [0, 0.1) is 5.82 Å². The van der Waals surface area contributed by atoms with E-state index in [4.69, 9.17) is 10.5 Å². The summed E-state index contributed by atoms with van der Waals surface area (Å²) in [5.74, 6) is -1.35. The molecule has 27 heavy (non-hydrogen) atoms. The van der Waals surface area contributed by atoms with E-state index in [2.05, 4.69) is 6.58 Å². The van der Waals surface area contributed by atoms with Crippen LogP contribution in [0.3, 0.4) is 0 Å². The monoisotopic (exact) mass is 365 g/mol. The maximum atomic E-state index is 13.2. The summed E-state index contributed by atoms with van der Waals surface area (Å²) < 4.78 is 18.0. The average Bonchev–Trinajstić information content (AvgIpc) is 2.65. The van der Waals surface area contributed by atoms with E-state index in [9.17, 15) is 14.0 Å². The fourth-order valence-corrected chi connectivity index (χ4v) is 2.39. The number of primary amides is 1. The van der Waals surface area contributed by atoms with E-state index in [1.54, 1.807) is 37.3 Å². The third-order valence-electron chi connectivity index (χ3n) is 3.66. The Kier molecular flexibility index (Phi) is 6.83. The minimum atomic E-state index is -0.568. The summed E-state index contributed by atoms with van der Waals surface area (Å²) in [5.41, 5.74) is 8.78. The quantitative estimate of drug-likeness (QED) is 0.596. The lowest BCUT2D eigenvalue weighted by atomic mass is 9.95. The Hall–Kier alpha value is -3.47. The van der Waals surface area contributed by atoms with Crippen LogP contribution < -0.4 is 5.73 Å². The predicted molar refractivity (Wildman–Crippen MR) is 105 cm³/mol. The molecule has 4 nitrogen and oxygen atoms in total. The van der Waals surface area contributed by atoms with Gasteiger partial charge in [0.05, 0.1) is 6.61 Å². The maximum absolute atomic E-state index is 13.2. The van der Waals surface area contributed by atoms with Gasteiger partial charge in [-0.15, -0.1) is 0 Å². The van der Waals surface area contributed by atoms with Crippen LogP contribution in [0.15, 0.2) is 61.2 Å². The van der Waals surface area contributed by atoms with E-state index < -0.39 is 11.9 Å². The number of amides is 1. The standard InChI is InChI=1S/C22H20FNO3/c1-3-27-22(26)11-5-17-12-16(4-10-21(24)25)13-19(14-17)15(2)18-6-8-20(23)9-7-18/h4-14H,2-3H2,1H3,(H2,24,25)/b10-4+,11-5+. The molecule has 2 N–H and O–H groups in total. The lowest BCUT2D eigenvalue weighted by molar-refractivity contribution is -0.137. The van der Waals surface area contributed by atoms with Crippen molar-refractivity contribution in [2.24, 2.45) is 5.73 Å². The van der Waals surface area contributed by atoms with Gasteiger partial charge in [0.2, 0.25) is 5.91 Å². The number of carbonyl (C=O) groups is 2. The fourth-order valence-electron chi connectivity index (χ4n) is 2.39. The van der Waals surface area contributed by atoms with Gasteiger partial charge in [0.15, 0.2) is 0 Å². The molecule has 0 aromatic heterocycles. The average molecular weight is 365 g/mol. The zero-order valence-corrected chi connectivity index (χ0v) is 14.9. The summed E-state index contributed by atoms with van der Waals surface area (Å²) in [7, 11) is 0. The summed E-state index contributed by atoms with van der Waals surface area (Å²) in [5, 5.41) is 0. The summed E-state index contributed by atoms with van der Waals surface area (Å²) >= 11 is 0. The van der Waals surface area contributed by atoms with Crippen LogP contribution in [-0.4, -0.2) is 18.5 Å². The maximum Gasteiger partial charge on any atom is 0.330 e. The normalized spacial score (nSPS) is 11.0. The van der Waals surface area contributed by atoms with Crippen LogP contribution in [0.5, 0.6) is 0 Å². The van der Waals surface area contributed by atoms with Crippen molar-refractivity contribution in [3.05, 3.63) is 89.3 Å². The van der Waals surface area contributed by atoms with Crippen molar-refractivity contribution in [3.63, 3.8) is 0 Å². The highest BCUT2D eigenvalue weighted by molar-refractivity contribution is 5.91. The minimum absolute atomic E-state index is 0.289. The molecule has 0 unspecified atom stereocenters. The van der Waals surface area contributed by atoms with E-state index in [-0.39, 0.29) is 12.4 Å². The molecule has 0 fully saturated rings. The number of ether oxygens (including phenoxy) is 1. The Labute approximate surface area is 157 Å². The number of nitrogens with two attached hydrogens (primary N) is 1. The highest BCUT2D eigenvalue weighted by Gasteiger charge is 2.06. The number of halogens is 1. The van der Waals surface area contributed by atoms with Crippen molar-refractivity contribution in [2.45, 2.75) is 6.92 Å². The molecule has 0 radical (unpaired) electrons. The molecule has 138 valence electrons.